The lowest BCUT2D eigenvalue weighted by molar-refractivity contribution is -0.147. The number of piperidine rings is 1. The van der Waals surface area contributed by atoms with Crippen LogP contribution in [0.3, 0.4) is 0 Å². The van der Waals surface area contributed by atoms with E-state index in [0.29, 0.717) is 32.5 Å². The van der Waals surface area contributed by atoms with Gasteiger partial charge in [-0.05, 0) is 50.7 Å². The van der Waals surface area contributed by atoms with E-state index in [1.54, 1.807) is 30.3 Å². The Bertz CT molecular complexity index is 875. The zero-order chi connectivity index (χ0) is 21.8. The van der Waals surface area contributed by atoms with Crippen molar-refractivity contribution in [2.24, 2.45) is 5.92 Å². The summed E-state index contributed by atoms with van der Waals surface area (Å²) in [6, 6.07) is 7.84. The summed E-state index contributed by atoms with van der Waals surface area (Å²) >= 11 is 0. The molecular formula is C23H33N3O4S. The standard InChI is InChI=1S/C23H33N3O4S/c27-22(18-8-3-1-4-9-18)26-15-7-12-21(26)23(28)25-16-13-19(14-17-25)24-31(29,30)20-10-5-2-6-11-20/h2,5-6,10-11,18-19,21,24H,1,3-4,7-9,12-17H2. The Morgan fingerprint density at radius 1 is 0.806 bits per heavy atom. The smallest absolute Gasteiger partial charge is 0.245 e. The quantitative estimate of drug-likeness (QED) is 0.751. The Kier molecular flexibility index (Phi) is 6.96. The molecule has 3 aliphatic rings. The van der Waals surface area contributed by atoms with Crippen LogP contribution < -0.4 is 4.72 Å². The predicted octanol–water partition coefficient (Wildman–Crippen LogP) is 2.53. The Balaban J connectivity index is 1.32. The van der Waals surface area contributed by atoms with Gasteiger partial charge in [0.2, 0.25) is 21.8 Å². The second-order valence-corrected chi connectivity index (χ2v) is 10.8. The summed E-state index contributed by atoms with van der Waals surface area (Å²) in [5, 5.41) is 0. The van der Waals surface area contributed by atoms with Gasteiger partial charge in [0.25, 0.3) is 0 Å². The molecule has 3 fully saturated rings. The number of benzene rings is 1. The molecule has 7 nitrogen and oxygen atoms in total. The molecule has 2 amide bonds. The molecule has 1 saturated carbocycles. The molecule has 2 saturated heterocycles. The number of nitrogens with one attached hydrogen (secondary N) is 1. The number of nitrogens with zero attached hydrogens (tertiary/aromatic N) is 2. The van der Waals surface area contributed by atoms with E-state index in [1.807, 2.05) is 9.80 Å². The molecule has 4 rings (SSSR count). The molecule has 2 aliphatic heterocycles. The molecule has 0 spiro atoms. The summed E-state index contributed by atoms with van der Waals surface area (Å²) < 4.78 is 27.9. The molecule has 170 valence electrons. The van der Waals surface area contributed by atoms with Crippen LogP contribution in [0, 0.1) is 5.92 Å². The fraction of sp³-hybridized carbons (Fsp3) is 0.652. The number of hydrogen-bond acceptors (Lipinski definition) is 4. The molecule has 2 heterocycles. The van der Waals surface area contributed by atoms with E-state index < -0.39 is 10.0 Å². The second kappa shape index (κ2) is 9.69. The molecule has 31 heavy (non-hydrogen) atoms. The van der Waals surface area contributed by atoms with Crippen molar-refractivity contribution in [3.8, 4) is 0 Å². The summed E-state index contributed by atoms with van der Waals surface area (Å²) in [7, 11) is -3.55. The highest BCUT2D eigenvalue weighted by molar-refractivity contribution is 7.89. The van der Waals surface area contributed by atoms with E-state index in [4.69, 9.17) is 0 Å². The van der Waals surface area contributed by atoms with Gasteiger partial charge in [-0.3, -0.25) is 9.59 Å². The summed E-state index contributed by atoms with van der Waals surface area (Å²) in [6.07, 6.45) is 8.09. The fourth-order valence-electron chi connectivity index (χ4n) is 5.19. The molecule has 0 radical (unpaired) electrons. The van der Waals surface area contributed by atoms with Crippen molar-refractivity contribution in [1.82, 2.24) is 14.5 Å². The van der Waals surface area contributed by atoms with Crippen LogP contribution in [0.2, 0.25) is 0 Å². The first-order valence-corrected chi connectivity index (χ1v) is 13.1. The normalized spacial score (nSPS) is 23.8. The highest BCUT2D eigenvalue weighted by atomic mass is 32.2. The molecule has 1 N–H and O–H groups in total. The fourth-order valence-corrected chi connectivity index (χ4v) is 6.51. The summed E-state index contributed by atoms with van der Waals surface area (Å²) in [5.41, 5.74) is 0. The van der Waals surface area contributed by atoms with Crippen molar-refractivity contribution >= 4 is 21.8 Å². The first kappa shape index (κ1) is 22.3. The van der Waals surface area contributed by atoms with Crippen molar-refractivity contribution in [3.05, 3.63) is 30.3 Å². The van der Waals surface area contributed by atoms with Crippen molar-refractivity contribution < 1.29 is 18.0 Å². The third-order valence-electron chi connectivity index (χ3n) is 6.96. The van der Waals surface area contributed by atoms with Crippen LogP contribution >= 0.6 is 0 Å². The number of likely N-dealkylation sites (tertiary alicyclic amines) is 2. The van der Waals surface area contributed by atoms with Crippen LogP contribution in [0.4, 0.5) is 0 Å². The van der Waals surface area contributed by atoms with Gasteiger partial charge in [0, 0.05) is 31.6 Å². The average Bonchev–Trinajstić information content (AvgIpc) is 3.29. The SMILES string of the molecule is O=C(C1CCCN1C(=O)C1CCCCC1)N1CCC(NS(=O)(=O)c2ccccc2)CC1. The molecule has 0 aromatic heterocycles. The van der Waals surface area contributed by atoms with E-state index >= 15 is 0 Å². The van der Waals surface area contributed by atoms with Crippen molar-refractivity contribution in [3.63, 3.8) is 0 Å². The molecular weight excluding hydrogens is 414 g/mol. The molecule has 1 aromatic carbocycles. The first-order valence-electron chi connectivity index (χ1n) is 11.6. The summed E-state index contributed by atoms with van der Waals surface area (Å²) in [4.78, 5) is 30.1. The van der Waals surface area contributed by atoms with Crippen LogP contribution in [0.25, 0.3) is 0 Å². The maximum Gasteiger partial charge on any atom is 0.245 e. The van der Waals surface area contributed by atoms with Gasteiger partial charge in [-0.25, -0.2) is 13.1 Å². The van der Waals surface area contributed by atoms with Gasteiger partial charge >= 0.3 is 0 Å². The average molecular weight is 448 g/mol. The zero-order valence-electron chi connectivity index (χ0n) is 18.0. The summed E-state index contributed by atoms with van der Waals surface area (Å²) in [6.45, 7) is 1.71. The van der Waals surface area contributed by atoms with Gasteiger partial charge in [-0.1, -0.05) is 37.5 Å². The van der Waals surface area contributed by atoms with E-state index in [2.05, 4.69) is 4.72 Å². The largest absolute Gasteiger partial charge is 0.341 e. The Hall–Kier alpha value is -1.93. The number of sulfonamides is 1. The minimum absolute atomic E-state index is 0.0334. The van der Waals surface area contributed by atoms with Gasteiger partial charge in [0.15, 0.2) is 0 Å². The van der Waals surface area contributed by atoms with Gasteiger partial charge in [-0.2, -0.15) is 0 Å². The van der Waals surface area contributed by atoms with Crippen LogP contribution in [-0.4, -0.2) is 61.7 Å². The Morgan fingerprint density at radius 3 is 2.16 bits per heavy atom. The zero-order valence-corrected chi connectivity index (χ0v) is 18.9. The maximum atomic E-state index is 13.2. The van der Waals surface area contributed by atoms with Gasteiger partial charge in [0.05, 0.1) is 4.90 Å². The van der Waals surface area contributed by atoms with Crippen LogP contribution in [0.15, 0.2) is 35.2 Å². The lowest BCUT2D eigenvalue weighted by atomic mass is 9.88. The lowest BCUT2D eigenvalue weighted by Gasteiger charge is -2.36. The first-order chi connectivity index (χ1) is 15.0. The second-order valence-electron chi connectivity index (χ2n) is 9.06. The van der Waals surface area contributed by atoms with Crippen LogP contribution in [-0.2, 0) is 19.6 Å². The third kappa shape index (κ3) is 5.12. The predicted molar refractivity (Wildman–Crippen MR) is 118 cm³/mol. The highest BCUT2D eigenvalue weighted by Gasteiger charge is 2.40. The number of carbonyl (C=O) groups is 2. The monoisotopic (exact) mass is 447 g/mol. The number of carbonyl (C=O) groups excluding carboxylic acids is 2. The van der Waals surface area contributed by atoms with Gasteiger partial charge in [0.1, 0.15) is 6.04 Å². The minimum atomic E-state index is -3.55. The molecule has 1 aliphatic carbocycles. The number of hydrogen-bond donors (Lipinski definition) is 1. The van der Waals surface area contributed by atoms with Crippen molar-refractivity contribution in [1.29, 1.82) is 0 Å². The molecule has 1 aromatic rings. The Morgan fingerprint density at radius 2 is 1.48 bits per heavy atom. The highest BCUT2D eigenvalue weighted by Crippen LogP contribution is 2.30. The maximum absolute atomic E-state index is 13.2. The molecule has 1 atom stereocenters. The third-order valence-corrected chi connectivity index (χ3v) is 8.49. The van der Waals surface area contributed by atoms with Crippen molar-refractivity contribution in [2.75, 3.05) is 19.6 Å². The molecule has 0 bridgehead atoms. The van der Waals surface area contributed by atoms with E-state index in [0.717, 1.165) is 38.5 Å². The lowest BCUT2D eigenvalue weighted by Crippen LogP contribution is -2.53. The Labute approximate surface area is 185 Å². The molecule has 1 unspecified atom stereocenters. The summed E-state index contributed by atoms with van der Waals surface area (Å²) in [5.74, 6) is 0.285. The van der Waals surface area contributed by atoms with Crippen molar-refractivity contribution in [2.45, 2.75) is 74.8 Å². The number of amides is 2. The van der Waals surface area contributed by atoms with E-state index in [1.165, 1.54) is 6.42 Å². The van der Waals surface area contributed by atoms with Crippen LogP contribution in [0.1, 0.15) is 57.8 Å². The van der Waals surface area contributed by atoms with Gasteiger partial charge < -0.3 is 9.80 Å². The molecule has 8 heteroatoms. The van der Waals surface area contributed by atoms with E-state index in [9.17, 15) is 18.0 Å². The topological polar surface area (TPSA) is 86.8 Å². The van der Waals surface area contributed by atoms with E-state index in [-0.39, 0.29) is 34.7 Å². The van der Waals surface area contributed by atoms with Crippen LogP contribution in [0.5, 0.6) is 0 Å². The number of rotatable bonds is 5. The minimum Gasteiger partial charge on any atom is -0.341 e. The van der Waals surface area contributed by atoms with Gasteiger partial charge in [-0.15, -0.1) is 0 Å².